The van der Waals surface area contributed by atoms with Crippen LogP contribution in [-0.4, -0.2) is 43.2 Å². The Bertz CT molecular complexity index is 297. The fourth-order valence-corrected chi connectivity index (χ4v) is 2.38. The minimum absolute atomic E-state index is 0.115. The number of hydrogen-bond acceptors (Lipinski definition) is 2. The van der Waals surface area contributed by atoms with Gasteiger partial charge in [0.05, 0.1) is 12.1 Å². The Labute approximate surface area is 97.9 Å². The third-order valence-electron chi connectivity index (χ3n) is 4.15. The van der Waals surface area contributed by atoms with E-state index in [1.807, 2.05) is 7.05 Å². The molecule has 2 saturated carbocycles. The first-order valence-electron chi connectivity index (χ1n) is 6.05. The van der Waals surface area contributed by atoms with Crippen LogP contribution >= 0.6 is 0 Å². The summed E-state index contributed by atoms with van der Waals surface area (Å²) in [5.74, 6) is 0.690. The van der Waals surface area contributed by atoms with Gasteiger partial charge in [0.2, 0.25) is 0 Å². The fourth-order valence-electron chi connectivity index (χ4n) is 2.38. The molecule has 2 fully saturated rings. The van der Waals surface area contributed by atoms with E-state index in [0.29, 0.717) is 24.1 Å². The van der Waals surface area contributed by atoms with Gasteiger partial charge < -0.3 is 15.4 Å². The molecule has 0 heterocycles. The van der Waals surface area contributed by atoms with Crippen LogP contribution in [0.3, 0.4) is 0 Å². The number of aliphatic imine (C=N–C) groups is 1. The van der Waals surface area contributed by atoms with Gasteiger partial charge in [-0.2, -0.15) is 0 Å². The lowest BCUT2D eigenvalue weighted by molar-refractivity contribution is -0.0853. The molecule has 0 aromatic carbocycles. The van der Waals surface area contributed by atoms with Crippen molar-refractivity contribution in [1.29, 1.82) is 0 Å². The highest BCUT2D eigenvalue weighted by molar-refractivity contribution is 5.78. The van der Waals surface area contributed by atoms with Crippen molar-refractivity contribution >= 4 is 5.96 Å². The molecule has 2 N–H and O–H groups in total. The van der Waals surface area contributed by atoms with E-state index in [1.165, 1.54) is 12.8 Å². The lowest BCUT2D eigenvalue weighted by atomic mass is 9.65. The molecule has 4 heteroatoms. The number of rotatable bonds is 3. The zero-order valence-electron chi connectivity index (χ0n) is 10.7. The normalized spacial score (nSPS) is 33.4. The third kappa shape index (κ3) is 1.90. The first-order chi connectivity index (χ1) is 7.46. The van der Waals surface area contributed by atoms with Gasteiger partial charge in [-0.25, -0.2) is 4.99 Å². The minimum Gasteiger partial charge on any atom is -0.381 e. The van der Waals surface area contributed by atoms with Crippen molar-refractivity contribution in [2.45, 2.75) is 51.3 Å². The van der Waals surface area contributed by atoms with Crippen molar-refractivity contribution in [3.63, 3.8) is 0 Å². The number of ether oxygens (including phenoxy) is 1. The summed E-state index contributed by atoms with van der Waals surface area (Å²) in [6.07, 6.45) is 3.81. The van der Waals surface area contributed by atoms with Gasteiger partial charge in [-0.15, -0.1) is 0 Å². The summed E-state index contributed by atoms with van der Waals surface area (Å²) in [7, 11) is 3.81. The zero-order valence-corrected chi connectivity index (χ0v) is 10.7. The fraction of sp³-hybridized carbons (Fsp3) is 0.917. The molecule has 0 aromatic heterocycles. The van der Waals surface area contributed by atoms with Gasteiger partial charge in [0.25, 0.3) is 0 Å². The highest BCUT2D eigenvalue weighted by Gasteiger charge is 2.49. The van der Waals surface area contributed by atoms with Crippen LogP contribution in [0.1, 0.15) is 33.1 Å². The summed E-state index contributed by atoms with van der Waals surface area (Å²) in [5.41, 5.74) is 6.13. The SMILES string of the molecule is COC1CC(N=C(N)N(C)C2CC2)C1(C)C. The molecule has 0 aliphatic heterocycles. The van der Waals surface area contributed by atoms with Crippen LogP contribution in [0.25, 0.3) is 0 Å². The number of guanidine groups is 1. The van der Waals surface area contributed by atoms with Gasteiger partial charge in [-0.3, -0.25) is 0 Å². The van der Waals surface area contributed by atoms with Crippen LogP contribution in [0, 0.1) is 5.41 Å². The number of hydrogen-bond donors (Lipinski definition) is 1. The van der Waals surface area contributed by atoms with E-state index in [9.17, 15) is 0 Å². The van der Waals surface area contributed by atoms with Crippen molar-refractivity contribution in [3.05, 3.63) is 0 Å². The van der Waals surface area contributed by atoms with Crippen molar-refractivity contribution in [3.8, 4) is 0 Å². The van der Waals surface area contributed by atoms with Crippen LogP contribution in [-0.2, 0) is 4.74 Å². The molecule has 0 saturated heterocycles. The first-order valence-corrected chi connectivity index (χ1v) is 6.05. The zero-order chi connectivity index (χ0) is 11.9. The molecule has 2 aliphatic rings. The van der Waals surface area contributed by atoms with Crippen LogP contribution in [0.5, 0.6) is 0 Å². The van der Waals surface area contributed by atoms with Crippen LogP contribution in [0.2, 0.25) is 0 Å². The Kier molecular flexibility index (Phi) is 2.86. The Balaban J connectivity index is 1.97. The number of nitrogens with zero attached hydrogens (tertiary/aromatic N) is 2. The summed E-state index contributed by atoms with van der Waals surface area (Å²) < 4.78 is 5.41. The molecule has 0 spiro atoms. The van der Waals surface area contributed by atoms with E-state index >= 15 is 0 Å². The monoisotopic (exact) mass is 225 g/mol. The molecule has 2 unspecified atom stereocenters. The average molecular weight is 225 g/mol. The molecule has 0 aromatic rings. The van der Waals surface area contributed by atoms with Gasteiger partial charge >= 0.3 is 0 Å². The number of nitrogens with two attached hydrogens (primary N) is 1. The lowest BCUT2D eigenvalue weighted by Crippen LogP contribution is -2.54. The second kappa shape index (κ2) is 3.91. The summed E-state index contributed by atoms with van der Waals surface area (Å²) >= 11 is 0. The van der Waals surface area contributed by atoms with Crippen molar-refractivity contribution < 1.29 is 4.74 Å². The maximum Gasteiger partial charge on any atom is 0.191 e. The Morgan fingerprint density at radius 2 is 2.06 bits per heavy atom. The summed E-state index contributed by atoms with van der Waals surface area (Å²) in [6, 6.07) is 0.934. The molecule has 4 nitrogen and oxygen atoms in total. The molecule has 2 aliphatic carbocycles. The maximum atomic E-state index is 6.01. The predicted octanol–water partition coefficient (Wildman–Crippen LogP) is 1.21. The number of methoxy groups -OCH3 is 1. The molecule has 2 rings (SSSR count). The smallest absolute Gasteiger partial charge is 0.191 e. The van der Waals surface area contributed by atoms with Crippen LogP contribution < -0.4 is 5.73 Å². The van der Waals surface area contributed by atoms with Crippen LogP contribution in [0.4, 0.5) is 0 Å². The Hall–Kier alpha value is -0.770. The maximum absolute atomic E-state index is 6.01. The molecule has 16 heavy (non-hydrogen) atoms. The molecular formula is C12H23N3O. The Morgan fingerprint density at radius 3 is 2.50 bits per heavy atom. The summed E-state index contributed by atoms with van der Waals surface area (Å²) in [6.45, 7) is 4.40. The van der Waals surface area contributed by atoms with E-state index in [1.54, 1.807) is 7.11 Å². The van der Waals surface area contributed by atoms with Gasteiger partial charge in [0.15, 0.2) is 5.96 Å². The molecule has 92 valence electrons. The highest BCUT2D eigenvalue weighted by atomic mass is 16.5. The predicted molar refractivity (Wildman–Crippen MR) is 65.4 cm³/mol. The van der Waals surface area contributed by atoms with Gasteiger partial charge in [-0.1, -0.05) is 13.8 Å². The van der Waals surface area contributed by atoms with Crippen molar-refractivity contribution in [1.82, 2.24) is 4.90 Å². The van der Waals surface area contributed by atoms with E-state index < -0.39 is 0 Å². The largest absolute Gasteiger partial charge is 0.381 e. The molecule has 0 amide bonds. The second-order valence-electron chi connectivity index (χ2n) is 5.63. The quantitative estimate of drug-likeness (QED) is 0.580. The molecule has 0 bridgehead atoms. The minimum atomic E-state index is 0.115. The van der Waals surface area contributed by atoms with Gasteiger partial charge in [-0.05, 0) is 19.3 Å². The molecule has 2 atom stereocenters. The molecular weight excluding hydrogens is 202 g/mol. The van der Waals surface area contributed by atoms with Gasteiger partial charge in [0, 0.05) is 25.6 Å². The van der Waals surface area contributed by atoms with E-state index in [-0.39, 0.29) is 5.41 Å². The van der Waals surface area contributed by atoms with Gasteiger partial charge in [0.1, 0.15) is 0 Å². The topological polar surface area (TPSA) is 50.9 Å². The lowest BCUT2D eigenvalue weighted by Gasteiger charge is -2.49. The second-order valence-corrected chi connectivity index (χ2v) is 5.63. The average Bonchev–Trinajstić information content (AvgIpc) is 3.05. The van der Waals surface area contributed by atoms with E-state index in [4.69, 9.17) is 10.5 Å². The Morgan fingerprint density at radius 1 is 1.44 bits per heavy atom. The highest BCUT2D eigenvalue weighted by Crippen LogP contribution is 2.44. The first kappa shape index (κ1) is 11.7. The van der Waals surface area contributed by atoms with Crippen molar-refractivity contribution in [2.75, 3.05) is 14.2 Å². The van der Waals surface area contributed by atoms with Crippen molar-refractivity contribution in [2.24, 2.45) is 16.1 Å². The van der Waals surface area contributed by atoms with E-state index in [2.05, 4.69) is 23.7 Å². The molecule has 0 radical (unpaired) electrons. The van der Waals surface area contributed by atoms with Crippen LogP contribution in [0.15, 0.2) is 4.99 Å². The summed E-state index contributed by atoms with van der Waals surface area (Å²) in [4.78, 5) is 6.74. The third-order valence-corrected chi connectivity index (χ3v) is 4.15. The summed E-state index contributed by atoms with van der Waals surface area (Å²) in [5, 5.41) is 0. The van der Waals surface area contributed by atoms with E-state index in [0.717, 1.165) is 6.42 Å². The standard InChI is InChI=1S/C12H23N3O/c1-12(2)9(7-10(12)16-4)14-11(13)15(3)8-5-6-8/h8-10H,5-7H2,1-4H3,(H2,13,14).